The average molecular weight is 289 g/mol. The molecule has 0 aliphatic carbocycles. The van der Waals surface area contributed by atoms with Gasteiger partial charge < -0.3 is 0 Å². The van der Waals surface area contributed by atoms with Crippen molar-refractivity contribution in [2.45, 2.75) is 45.6 Å². The van der Waals surface area contributed by atoms with E-state index in [1.54, 1.807) is 0 Å². The Kier molecular flexibility index (Phi) is 6.21. The highest BCUT2D eigenvalue weighted by Gasteiger charge is 2.18. The van der Waals surface area contributed by atoms with Crippen LogP contribution >= 0.6 is 0 Å². The molecule has 3 N–H and O–H groups in total. The number of nitrogens with zero attached hydrogens (tertiary/aromatic N) is 1. The third kappa shape index (κ3) is 4.55. The van der Waals surface area contributed by atoms with E-state index in [0.29, 0.717) is 5.56 Å². The van der Waals surface area contributed by atoms with Crippen molar-refractivity contribution in [3.05, 3.63) is 35.4 Å². The maximum Gasteiger partial charge on any atom is 0.265 e. The number of likely N-dealkylation sites (tertiary alicyclic amines) is 1. The van der Waals surface area contributed by atoms with Gasteiger partial charge in [0.1, 0.15) is 0 Å². The normalized spacial score (nSPS) is 20.0. The van der Waals surface area contributed by atoms with E-state index in [1.165, 1.54) is 32.1 Å². The molecular weight excluding hydrogens is 262 g/mol. The third-order valence-corrected chi connectivity index (χ3v) is 4.42. The number of hydrogen-bond donors (Lipinski definition) is 2. The summed E-state index contributed by atoms with van der Waals surface area (Å²) in [6.45, 7) is 5.36. The number of rotatable bonds is 5. The molecule has 1 aliphatic rings. The molecule has 1 unspecified atom stereocenters. The van der Waals surface area contributed by atoms with Crippen LogP contribution in [-0.4, -0.2) is 23.9 Å². The van der Waals surface area contributed by atoms with Crippen molar-refractivity contribution < 1.29 is 4.79 Å². The van der Waals surface area contributed by atoms with Crippen LogP contribution in [0.5, 0.6) is 0 Å². The van der Waals surface area contributed by atoms with Gasteiger partial charge in [0.15, 0.2) is 0 Å². The fourth-order valence-electron chi connectivity index (χ4n) is 3.28. The number of hydrazine groups is 1. The topological polar surface area (TPSA) is 58.4 Å². The highest BCUT2D eigenvalue weighted by molar-refractivity contribution is 5.95. The van der Waals surface area contributed by atoms with Crippen LogP contribution in [0.1, 0.15) is 54.9 Å². The molecule has 2 rings (SSSR count). The number of carbonyl (C=O) groups is 1. The average Bonchev–Trinajstić information content (AvgIpc) is 2.73. The zero-order chi connectivity index (χ0) is 15.1. The van der Waals surface area contributed by atoms with E-state index in [2.05, 4.69) is 17.2 Å². The number of carbonyl (C=O) groups excluding carboxylic acids is 1. The molecule has 0 bridgehead atoms. The second-order valence-electron chi connectivity index (χ2n) is 5.99. The van der Waals surface area contributed by atoms with Gasteiger partial charge in [-0.05, 0) is 49.9 Å². The van der Waals surface area contributed by atoms with E-state index >= 15 is 0 Å². The van der Waals surface area contributed by atoms with Crippen LogP contribution in [0, 0.1) is 5.92 Å². The zero-order valence-corrected chi connectivity index (χ0v) is 13.0. The molecule has 21 heavy (non-hydrogen) atoms. The molecule has 116 valence electrons. The first-order chi connectivity index (χ1) is 10.2. The molecule has 0 aromatic heterocycles. The molecule has 1 fully saturated rings. The Bertz CT molecular complexity index is 461. The second-order valence-corrected chi connectivity index (χ2v) is 5.99. The molecular formula is C17H27N3O. The van der Waals surface area contributed by atoms with Gasteiger partial charge in [-0.25, -0.2) is 5.84 Å². The molecule has 1 aliphatic heterocycles. The summed E-state index contributed by atoms with van der Waals surface area (Å²) in [7, 11) is 0. The summed E-state index contributed by atoms with van der Waals surface area (Å²) in [6.07, 6.45) is 6.51. The summed E-state index contributed by atoms with van der Waals surface area (Å²) < 4.78 is 0. The van der Waals surface area contributed by atoms with Gasteiger partial charge in [-0.3, -0.25) is 15.1 Å². The number of benzene rings is 1. The van der Waals surface area contributed by atoms with Crippen LogP contribution in [0.3, 0.4) is 0 Å². The van der Waals surface area contributed by atoms with E-state index in [9.17, 15) is 4.79 Å². The van der Waals surface area contributed by atoms with Gasteiger partial charge in [0.25, 0.3) is 5.91 Å². The summed E-state index contributed by atoms with van der Waals surface area (Å²) in [4.78, 5) is 14.3. The van der Waals surface area contributed by atoms with Crippen molar-refractivity contribution in [2.24, 2.45) is 11.8 Å². The maximum atomic E-state index is 11.8. The van der Waals surface area contributed by atoms with Gasteiger partial charge in [-0.2, -0.15) is 0 Å². The molecule has 1 amide bonds. The standard InChI is InChI=1S/C17H27N3O/c1-2-6-14-7-5-11-20(12-10-14)13-15-8-3-4-9-16(15)17(21)19-18/h3-4,8-9,14H,2,5-7,10-13,18H2,1H3,(H,19,21). The van der Waals surface area contributed by atoms with Crippen LogP contribution in [0.25, 0.3) is 0 Å². The van der Waals surface area contributed by atoms with Crippen molar-refractivity contribution in [1.29, 1.82) is 0 Å². The molecule has 1 aromatic rings. The van der Waals surface area contributed by atoms with E-state index in [-0.39, 0.29) is 5.91 Å². The Morgan fingerprint density at radius 3 is 2.90 bits per heavy atom. The summed E-state index contributed by atoms with van der Waals surface area (Å²) in [6, 6.07) is 7.74. The van der Waals surface area contributed by atoms with Crippen molar-refractivity contribution in [3.8, 4) is 0 Å². The minimum Gasteiger partial charge on any atom is -0.299 e. The second kappa shape index (κ2) is 8.15. The van der Waals surface area contributed by atoms with E-state index in [0.717, 1.165) is 31.1 Å². The first kappa shape index (κ1) is 16.0. The SMILES string of the molecule is CCCC1CCCN(Cc2ccccc2C(=O)NN)CC1. The quantitative estimate of drug-likeness (QED) is 0.498. The Hall–Kier alpha value is -1.39. The predicted molar refractivity (Wildman–Crippen MR) is 85.6 cm³/mol. The van der Waals surface area contributed by atoms with E-state index in [1.807, 2.05) is 24.3 Å². The third-order valence-electron chi connectivity index (χ3n) is 4.42. The van der Waals surface area contributed by atoms with Crippen LogP contribution in [-0.2, 0) is 6.54 Å². The fourth-order valence-corrected chi connectivity index (χ4v) is 3.28. The number of amides is 1. The first-order valence-electron chi connectivity index (χ1n) is 8.05. The van der Waals surface area contributed by atoms with Crippen molar-refractivity contribution in [2.75, 3.05) is 13.1 Å². The summed E-state index contributed by atoms with van der Waals surface area (Å²) in [5.74, 6) is 5.94. The van der Waals surface area contributed by atoms with Crippen LogP contribution < -0.4 is 11.3 Å². The lowest BCUT2D eigenvalue weighted by Gasteiger charge is -2.21. The maximum absolute atomic E-state index is 11.8. The van der Waals surface area contributed by atoms with E-state index < -0.39 is 0 Å². The molecule has 0 spiro atoms. The molecule has 0 saturated carbocycles. The smallest absolute Gasteiger partial charge is 0.265 e. The van der Waals surface area contributed by atoms with Gasteiger partial charge in [-0.1, -0.05) is 38.0 Å². The van der Waals surface area contributed by atoms with Crippen molar-refractivity contribution in [3.63, 3.8) is 0 Å². The summed E-state index contributed by atoms with van der Waals surface area (Å²) >= 11 is 0. The number of nitrogens with two attached hydrogens (primary N) is 1. The monoisotopic (exact) mass is 289 g/mol. The number of hydrogen-bond acceptors (Lipinski definition) is 3. The first-order valence-corrected chi connectivity index (χ1v) is 8.05. The van der Waals surface area contributed by atoms with Gasteiger partial charge in [-0.15, -0.1) is 0 Å². The molecule has 1 saturated heterocycles. The predicted octanol–water partition coefficient (Wildman–Crippen LogP) is 2.69. The molecule has 1 atom stereocenters. The lowest BCUT2D eigenvalue weighted by Crippen LogP contribution is -2.32. The van der Waals surface area contributed by atoms with Gasteiger partial charge in [0.2, 0.25) is 0 Å². The summed E-state index contributed by atoms with van der Waals surface area (Å²) in [5.41, 5.74) is 3.99. The molecule has 4 nitrogen and oxygen atoms in total. The van der Waals surface area contributed by atoms with Crippen molar-refractivity contribution in [1.82, 2.24) is 10.3 Å². The summed E-state index contributed by atoms with van der Waals surface area (Å²) in [5, 5.41) is 0. The van der Waals surface area contributed by atoms with Crippen LogP contribution in [0.15, 0.2) is 24.3 Å². The largest absolute Gasteiger partial charge is 0.299 e. The lowest BCUT2D eigenvalue weighted by molar-refractivity contribution is 0.0951. The number of nitrogens with one attached hydrogen (secondary N) is 1. The van der Waals surface area contributed by atoms with E-state index in [4.69, 9.17) is 5.84 Å². The Morgan fingerprint density at radius 2 is 2.14 bits per heavy atom. The minimum atomic E-state index is -0.204. The molecule has 0 radical (unpaired) electrons. The Morgan fingerprint density at radius 1 is 1.33 bits per heavy atom. The number of nitrogen functional groups attached to an aromatic ring is 1. The van der Waals surface area contributed by atoms with Gasteiger partial charge >= 0.3 is 0 Å². The van der Waals surface area contributed by atoms with Crippen LogP contribution in [0.2, 0.25) is 0 Å². The Balaban J connectivity index is 2.00. The fraction of sp³-hybridized carbons (Fsp3) is 0.588. The molecule has 1 heterocycles. The molecule has 1 aromatic carbocycles. The van der Waals surface area contributed by atoms with Gasteiger partial charge in [0.05, 0.1) is 0 Å². The highest BCUT2D eigenvalue weighted by Crippen LogP contribution is 2.23. The minimum absolute atomic E-state index is 0.204. The molecule has 4 heteroatoms. The highest BCUT2D eigenvalue weighted by atomic mass is 16.2. The van der Waals surface area contributed by atoms with Gasteiger partial charge in [0, 0.05) is 12.1 Å². The zero-order valence-electron chi connectivity index (χ0n) is 13.0. The Labute approximate surface area is 127 Å². The van der Waals surface area contributed by atoms with Crippen LogP contribution in [0.4, 0.5) is 0 Å². The lowest BCUT2D eigenvalue weighted by atomic mass is 9.96. The van der Waals surface area contributed by atoms with Crippen molar-refractivity contribution >= 4 is 5.91 Å².